The molecule has 2 N–H and O–H groups in total. The number of rotatable bonds is 6. The van der Waals surface area contributed by atoms with Crippen molar-refractivity contribution in [3.63, 3.8) is 0 Å². The number of carbonyl (C=O) groups is 1. The second-order valence-corrected chi connectivity index (χ2v) is 8.18. The predicted octanol–water partition coefficient (Wildman–Crippen LogP) is 2.05. The number of morpholine rings is 1. The van der Waals surface area contributed by atoms with Crippen LogP contribution < -0.4 is 20.3 Å². The van der Waals surface area contributed by atoms with Crippen molar-refractivity contribution < 1.29 is 9.53 Å². The molecular weight excluding hydrogens is 452 g/mol. The Hall–Kier alpha value is -3.02. The molecule has 4 rings (SSSR count). The zero-order valence-electron chi connectivity index (χ0n) is 17.5. The van der Waals surface area contributed by atoms with E-state index >= 15 is 0 Å². The van der Waals surface area contributed by atoms with Crippen molar-refractivity contribution in [2.45, 2.75) is 6.54 Å². The summed E-state index contributed by atoms with van der Waals surface area (Å²) in [6.07, 6.45) is 3.21. The molecule has 0 aliphatic carbocycles. The van der Waals surface area contributed by atoms with Gasteiger partial charge in [-0.3, -0.25) is 4.98 Å². The van der Waals surface area contributed by atoms with E-state index < -0.39 is 0 Å². The smallest absolute Gasteiger partial charge is 0.314 e. The van der Waals surface area contributed by atoms with Crippen LogP contribution in [-0.2, 0) is 11.3 Å². The van der Waals surface area contributed by atoms with Gasteiger partial charge in [-0.05, 0) is 18.2 Å². The second-order valence-electron chi connectivity index (χ2n) is 6.91. The van der Waals surface area contributed by atoms with E-state index in [0.29, 0.717) is 37.0 Å². The molecule has 0 atom stereocenters. The number of halogens is 1. The first kappa shape index (κ1) is 22.2. The zero-order valence-corrected chi connectivity index (χ0v) is 19.1. The third-order valence-corrected chi connectivity index (χ3v) is 5.88. The molecule has 32 heavy (non-hydrogen) atoms. The van der Waals surface area contributed by atoms with Gasteiger partial charge >= 0.3 is 6.03 Å². The van der Waals surface area contributed by atoms with Crippen LogP contribution in [-0.4, -0.2) is 65.7 Å². The lowest BCUT2D eigenvalue weighted by molar-refractivity contribution is 0.122. The second kappa shape index (κ2) is 10.5. The Balaban J connectivity index is 1.64. The van der Waals surface area contributed by atoms with Crippen molar-refractivity contribution in [3.05, 3.63) is 45.8 Å². The molecule has 4 heterocycles. The summed E-state index contributed by atoms with van der Waals surface area (Å²) < 4.78 is 7.40. The number of ether oxygens (including phenoxy) is 1. The average Bonchev–Trinajstić information content (AvgIpc) is 3.22. The molecule has 10 nitrogen and oxygen atoms in total. The van der Waals surface area contributed by atoms with E-state index in [1.807, 2.05) is 22.1 Å². The number of pyridine rings is 1. The highest BCUT2D eigenvalue weighted by Gasteiger charge is 2.15. The number of thiazole rings is 1. The van der Waals surface area contributed by atoms with E-state index in [1.165, 1.54) is 11.3 Å². The number of hydrogen-bond donors (Lipinski definition) is 2. The molecule has 1 aliphatic rings. The van der Waals surface area contributed by atoms with Crippen LogP contribution >= 0.6 is 22.9 Å². The fraction of sp³-hybridized carbons (Fsp3) is 0.350. The van der Waals surface area contributed by atoms with Crippen LogP contribution in [0.3, 0.4) is 0 Å². The van der Waals surface area contributed by atoms with Gasteiger partial charge in [-0.15, -0.1) is 21.5 Å². The normalized spacial score (nSPS) is 14.4. The fourth-order valence-electron chi connectivity index (χ4n) is 3.21. The molecule has 1 aliphatic heterocycles. The number of anilines is 1. The third-order valence-electron chi connectivity index (χ3n) is 4.81. The zero-order chi connectivity index (χ0) is 22.3. The van der Waals surface area contributed by atoms with Crippen LogP contribution in [0.25, 0.3) is 11.4 Å². The van der Waals surface area contributed by atoms with Crippen LogP contribution in [0.2, 0.25) is 5.02 Å². The monoisotopic (exact) mass is 474 g/mol. The summed E-state index contributed by atoms with van der Waals surface area (Å²) >= 11 is 7.53. The number of nitrogens with one attached hydrogen (secondary N) is 2. The van der Waals surface area contributed by atoms with E-state index in [-0.39, 0.29) is 6.03 Å². The van der Waals surface area contributed by atoms with Gasteiger partial charge in [0.25, 0.3) is 0 Å². The van der Waals surface area contributed by atoms with Gasteiger partial charge in [-0.25, -0.2) is 9.79 Å². The average molecular weight is 475 g/mol. The lowest BCUT2D eigenvalue weighted by Crippen LogP contribution is -2.36. The molecule has 3 aromatic rings. The molecule has 1 fully saturated rings. The van der Waals surface area contributed by atoms with Gasteiger partial charge in [-0.2, -0.15) is 0 Å². The minimum Gasteiger partial charge on any atom is -0.378 e. The van der Waals surface area contributed by atoms with Crippen molar-refractivity contribution >= 4 is 40.5 Å². The Morgan fingerprint density at radius 1 is 1.28 bits per heavy atom. The largest absolute Gasteiger partial charge is 0.378 e. The summed E-state index contributed by atoms with van der Waals surface area (Å²) in [7, 11) is 1.58. The molecule has 0 bridgehead atoms. The molecule has 168 valence electrons. The molecule has 0 saturated carbocycles. The van der Waals surface area contributed by atoms with Gasteiger partial charge in [0.1, 0.15) is 5.69 Å². The Morgan fingerprint density at radius 3 is 2.84 bits per heavy atom. The number of carbonyl (C=O) groups excluding carboxylic acids is 1. The van der Waals surface area contributed by atoms with Crippen LogP contribution in [0.1, 0.15) is 0 Å². The maximum Gasteiger partial charge on any atom is 0.314 e. The Morgan fingerprint density at radius 2 is 2.12 bits per heavy atom. The van der Waals surface area contributed by atoms with Crippen LogP contribution in [0, 0.1) is 0 Å². The summed E-state index contributed by atoms with van der Waals surface area (Å²) in [4.78, 5) is 23.3. The molecule has 12 heteroatoms. The van der Waals surface area contributed by atoms with Crippen molar-refractivity contribution in [1.29, 1.82) is 0 Å². The molecule has 0 aromatic carbocycles. The van der Waals surface area contributed by atoms with Gasteiger partial charge < -0.3 is 24.8 Å². The third kappa shape index (κ3) is 5.42. The summed E-state index contributed by atoms with van der Waals surface area (Å²) in [5.74, 6) is 0.829. The van der Waals surface area contributed by atoms with Gasteiger partial charge in [0.2, 0.25) is 0 Å². The summed E-state index contributed by atoms with van der Waals surface area (Å²) in [6, 6.07) is 5.43. The van der Waals surface area contributed by atoms with Crippen LogP contribution in [0.4, 0.5) is 16.3 Å². The summed E-state index contributed by atoms with van der Waals surface area (Å²) in [5, 5.41) is 16.7. The van der Waals surface area contributed by atoms with Crippen molar-refractivity contribution in [2.75, 3.05) is 44.8 Å². The number of aromatic nitrogens is 4. The molecule has 0 unspecified atom stereocenters. The SMILES string of the molecule is CNC(=O)NCCn1c(-c2ccc(N3CCOCC3)nn2)cs/c1=N\c1cncc(Cl)c1. The van der Waals surface area contributed by atoms with Crippen LogP contribution in [0.5, 0.6) is 0 Å². The number of nitrogens with zero attached hydrogens (tertiary/aromatic N) is 6. The Labute approximate surface area is 193 Å². The maximum atomic E-state index is 11.6. The standard InChI is InChI=1S/C20H23ClN8O2S/c1-22-19(30)24-4-5-29-17(13-32-20(29)25-15-10-14(21)11-23-12-15)16-2-3-18(27-26-16)28-6-8-31-9-7-28/h2-3,10-13H,4-9H2,1H3,(H2,22,24,30)/b25-20-. The van der Waals surface area contributed by atoms with Crippen molar-refractivity contribution in [2.24, 2.45) is 4.99 Å². The Bertz CT molecular complexity index is 1130. The van der Waals surface area contributed by atoms with Gasteiger partial charge in [0.15, 0.2) is 10.6 Å². The van der Waals surface area contributed by atoms with Crippen molar-refractivity contribution in [1.82, 2.24) is 30.4 Å². The van der Waals surface area contributed by atoms with Gasteiger partial charge in [0.05, 0.1) is 35.8 Å². The first-order valence-corrected chi connectivity index (χ1v) is 11.4. The van der Waals surface area contributed by atoms with E-state index in [1.54, 1.807) is 25.5 Å². The van der Waals surface area contributed by atoms with E-state index in [4.69, 9.17) is 21.3 Å². The highest BCUT2D eigenvalue weighted by atomic mass is 35.5. The van der Waals surface area contributed by atoms with Crippen molar-refractivity contribution in [3.8, 4) is 11.4 Å². The summed E-state index contributed by atoms with van der Waals surface area (Å²) in [5.41, 5.74) is 2.24. The lowest BCUT2D eigenvalue weighted by Gasteiger charge is -2.27. The maximum absolute atomic E-state index is 11.6. The van der Waals surface area contributed by atoms with E-state index in [9.17, 15) is 4.79 Å². The highest BCUT2D eigenvalue weighted by molar-refractivity contribution is 7.07. The van der Waals surface area contributed by atoms with E-state index in [2.05, 4.69) is 30.7 Å². The minimum absolute atomic E-state index is 0.241. The number of amides is 2. The van der Waals surface area contributed by atoms with E-state index in [0.717, 1.165) is 35.1 Å². The molecule has 1 saturated heterocycles. The number of hydrogen-bond acceptors (Lipinski definition) is 8. The lowest BCUT2D eigenvalue weighted by atomic mass is 10.3. The van der Waals surface area contributed by atoms with Crippen LogP contribution in [0.15, 0.2) is 41.0 Å². The predicted molar refractivity (Wildman–Crippen MR) is 123 cm³/mol. The van der Waals surface area contributed by atoms with Gasteiger partial charge in [-0.1, -0.05) is 11.6 Å². The molecule has 3 aromatic heterocycles. The highest BCUT2D eigenvalue weighted by Crippen LogP contribution is 2.21. The molecular formula is C20H23ClN8O2S. The quantitative estimate of drug-likeness (QED) is 0.566. The first-order valence-electron chi connectivity index (χ1n) is 10.1. The minimum atomic E-state index is -0.241. The molecule has 0 radical (unpaired) electrons. The molecule has 0 spiro atoms. The summed E-state index contributed by atoms with van der Waals surface area (Å²) in [6.45, 7) is 3.91. The topological polar surface area (TPSA) is 110 Å². The van der Waals surface area contributed by atoms with Gasteiger partial charge in [0, 0.05) is 44.8 Å². The fourth-order valence-corrected chi connectivity index (χ4v) is 4.31. The first-order chi connectivity index (χ1) is 15.6. The Kier molecular flexibility index (Phi) is 7.30. The number of urea groups is 1. The molecule has 2 amide bonds.